The van der Waals surface area contributed by atoms with Gasteiger partial charge in [0.15, 0.2) is 0 Å². The van der Waals surface area contributed by atoms with E-state index >= 15 is 0 Å². The van der Waals surface area contributed by atoms with Crippen LogP contribution in [0.25, 0.3) is 0 Å². The number of rotatable bonds is 6. The number of benzene rings is 2. The highest BCUT2D eigenvalue weighted by Gasteiger charge is 2.14. The van der Waals surface area contributed by atoms with Gasteiger partial charge >= 0.3 is 6.03 Å². The summed E-state index contributed by atoms with van der Waals surface area (Å²) in [6.07, 6.45) is 2.83. The molecule has 0 atom stereocenters. The molecule has 1 heterocycles. The monoisotopic (exact) mass is 372 g/mol. The molecule has 26 heavy (non-hydrogen) atoms. The molecule has 0 saturated carbocycles. The number of anilines is 2. The van der Waals surface area contributed by atoms with E-state index in [1.165, 1.54) is 11.1 Å². The van der Waals surface area contributed by atoms with E-state index in [9.17, 15) is 4.79 Å². The normalized spacial score (nSPS) is 13.4. The maximum atomic E-state index is 11.9. The van der Waals surface area contributed by atoms with E-state index in [4.69, 9.17) is 11.6 Å². The van der Waals surface area contributed by atoms with Crippen LogP contribution in [0.2, 0.25) is 5.02 Å². The minimum atomic E-state index is -0.186. The second-order valence-corrected chi connectivity index (χ2v) is 6.74. The standard InChI is InChI=1S/C20H25ClN4O/c21-18-8-7-15-9-13-22-14-10-17(15)19(18)23-11-4-12-24-20(26)25-16-5-2-1-3-6-16/h1-3,5-8,22-23H,4,9-14H2,(H2,24,25,26). The summed E-state index contributed by atoms with van der Waals surface area (Å²) in [6, 6.07) is 13.3. The summed E-state index contributed by atoms with van der Waals surface area (Å²) >= 11 is 6.41. The van der Waals surface area contributed by atoms with Crippen LogP contribution < -0.4 is 21.3 Å². The molecular weight excluding hydrogens is 348 g/mol. The van der Waals surface area contributed by atoms with Gasteiger partial charge in [0, 0.05) is 18.8 Å². The summed E-state index contributed by atoms with van der Waals surface area (Å²) in [6.45, 7) is 3.34. The average molecular weight is 373 g/mol. The van der Waals surface area contributed by atoms with Crippen LogP contribution in [-0.4, -0.2) is 32.2 Å². The zero-order valence-electron chi connectivity index (χ0n) is 14.8. The number of hydrogen-bond donors (Lipinski definition) is 4. The molecule has 3 rings (SSSR count). The van der Waals surface area contributed by atoms with Crippen LogP contribution in [-0.2, 0) is 12.8 Å². The number of amides is 2. The number of urea groups is 1. The Morgan fingerprint density at radius 2 is 1.85 bits per heavy atom. The fraction of sp³-hybridized carbons (Fsp3) is 0.350. The van der Waals surface area contributed by atoms with Crippen molar-refractivity contribution in [2.24, 2.45) is 0 Å². The van der Waals surface area contributed by atoms with Crippen molar-refractivity contribution in [2.45, 2.75) is 19.3 Å². The number of para-hydroxylation sites is 1. The molecule has 2 aromatic carbocycles. The molecule has 0 aromatic heterocycles. The van der Waals surface area contributed by atoms with Gasteiger partial charge in [0.05, 0.1) is 10.7 Å². The molecule has 5 nitrogen and oxygen atoms in total. The number of carbonyl (C=O) groups is 1. The predicted molar refractivity (Wildman–Crippen MR) is 108 cm³/mol. The Hall–Kier alpha value is -2.24. The van der Waals surface area contributed by atoms with Crippen LogP contribution in [0.15, 0.2) is 42.5 Å². The lowest BCUT2D eigenvalue weighted by Gasteiger charge is -2.16. The van der Waals surface area contributed by atoms with Gasteiger partial charge < -0.3 is 21.3 Å². The lowest BCUT2D eigenvalue weighted by molar-refractivity contribution is 0.252. The molecule has 0 saturated heterocycles. The van der Waals surface area contributed by atoms with Crippen molar-refractivity contribution in [2.75, 3.05) is 36.8 Å². The maximum Gasteiger partial charge on any atom is 0.319 e. The molecule has 138 valence electrons. The smallest absolute Gasteiger partial charge is 0.319 e. The van der Waals surface area contributed by atoms with E-state index in [-0.39, 0.29) is 6.03 Å². The average Bonchev–Trinajstić information content (AvgIpc) is 2.89. The van der Waals surface area contributed by atoms with Gasteiger partial charge in [0.2, 0.25) is 0 Å². The molecular formula is C20H25ClN4O. The number of carbonyl (C=O) groups excluding carboxylic acids is 1. The lowest BCUT2D eigenvalue weighted by Crippen LogP contribution is -2.30. The molecule has 4 N–H and O–H groups in total. The third-order valence-electron chi connectivity index (χ3n) is 4.45. The van der Waals surface area contributed by atoms with Crippen LogP contribution in [0, 0.1) is 0 Å². The number of halogens is 1. The summed E-state index contributed by atoms with van der Waals surface area (Å²) in [5, 5.41) is 13.3. The second kappa shape index (κ2) is 9.46. The largest absolute Gasteiger partial charge is 0.384 e. The molecule has 0 radical (unpaired) electrons. The molecule has 0 unspecified atom stereocenters. The van der Waals surface area contributed by atoms with Gasteiger partial charge in [-0.05, 0) is 61.7 Å². The summed E-state index contributed by atoms with van der Waals surface area (Å²) in [7, 11) is 0. The van der Waals surface area contributed by atoms with E-state index in [1.807, 2.05) is 36.4 Å². The first-order chi connectivity index (χ1) is 12.7. The summed E-state index contributed by atoms with van der Waals surface area (Å²) in [5.41, 5.74) is 4.51. The highest BCUT2D eigenvalue weighted by Crippen LogP contribution is 2.30. The first-order valence-electron chi connectivity index (χ1n) is 9.09. The molecule has 0 spiro atoms. The summed E-state index contributed by atoms with van der Waals surface area (Å²) in [5.74, 6) is 0. The Morgan fingerprint density at radius 1 is 1.04 bits per heavy atom. The molecule has 6 heteroatoms. The van der Waals surface area contributed by atoms with Crippen molar-refractivity contribution in [3.63, 3.8) is 0 Å². The van der Waals surface area contributed by atoms with Gasteiger partial charge in [-0.15, -0.1) is 0 Å². The Labute approximate surface area is 159 Å². The quantitative estimate of drug-likeness (QED) is 0.585. The minimum Gasteiger partial charge on any atom is -0.384 e. The van der Waals surface area contributed by atoms with Gasteiger partial charge in [-0.3, -0.25) is 0 Å². The van der Waals surface area contributed by atoms with Crippen molar-refractivity contribution in [3.05, 3.63) is 58.6 Å². The van der Waals surface area contributed by atoms with E-state index in [2.05, 4.69) is 27.3 Å². The van der Waals surface area contributed by atoms with Gasteiger partial charge in [-0.1, -0.05) is 35.9 Å². The Morgan fingerprint density at radius 3 is 2.69 bits per heavy atom. The predicted octanol–water partition coefficient (Wildman–Crippen LogP) is 3.65. The number of nitrogens with one attached hydrogen (secondary N) is 4. The van der Waals surface area contributed by atoms with Crippen molar-refractivity contribution >= 4 is 29.0 Å². The van der Waals surface area contributed by atoms with Crippen molar-refractivity contribution in [1.82, 2.24) is 10.6 Å². The zero-order valence-corrected chi connectivity index (χ0v) is 15.5. The van der Waals surface area contributed by atoms with E-state index < -0.39 is 0 Å². The van der Waals surface area contributed by atoms with Crippen molar-refractivity contribution < 1.29 is 4.79 Å². The number of fused-ring (bicyclic) bond motifs is 1. The Kier molecular flexibility index (Phi) is 6.75. The van der Waals surface area contributed by atoms with E-state index in [0.717, 1.165) is 55.3 Å². The summed E-state index contributed by atoms with van der Waals surface area (Å²) in [4.78, 5) is 11.9. The van der Waals surface area contributed by atoms with Crippen LogP contribution in [0.1, 0.15) is 17.5 Å². The van der Waals surface area contributed by atoms with Crippen molar-refractivity contribution in [3.8, 4) is 0 Å². The first-order valence-corrected chi connectivity index (χ1v) is 9.46. The van der Waals surface area contributed by atoms with Crippen molar-refractivity contribution in [1.29, 1.82) is 0 Å². The van der Waals surface area contributed by atoms with E-state index in [0.29, 0.717) is 6.54 Å². The zero-order chi connectivity index (χ0) is 18.2. The second-order valence-electron chi connectivity index (χ2n) is 6.34. The van der Waals surface area contributed by atoms with Gasteiger partial charge in [0.1, 0.15) is 0 Å². The first kappa shape index (κ1) is 18.5. The minimum absolute atomic E-state index is 0.186. The third-order valence-corrected chi connectivity index (χ3v) is 4.77. The lowest BCUT2D eigenvalue weighted by atomic mass is 10.0. The van der Waals surface area contributed by atoms with Crippen LogP contribution >= 0.6 is 11.6 Å². The van der Waals surface area contributed by atoms with Gasteiger partial charge in [-0.2, -0.15) is 0 Å². The summed E-state index contributed by atoms with van der Waals surface area (Å²) < 4.78 is 0. The fourth-order valence-electron chi connectivity index (χ4n) is 3.14. The van der Waals surface area contributed by atoms with E-state index in [1.54, 1.807) is 0 Å². The third kappa shape index (κ3) is 5.13. The van der Waals surface area contributed by atoms with Crippen LogP contribution in [0.3, 0.4) is 0 Å². The molecule has 0 fully saturated rings. The maximum absolute atomic E-state index is 11.9. The fourth-order valence-corrected chi connectivity index (χ4v) is 3.38. The SMILES string of the molecule is O=C(NCCCNc1c(Cl)ccc2c1CCNCC2)Nc1ccccc1. The van der Waals surface area contributed by atoms with Gasteiger partial charge in [-0.25, -0.2) is 4.79 Å². The topological polar surface area (TPSA) is 65.2 Å². The van der Waals surface area contributed by atoms with Crippen LogP contribution in [0.4, 0.5) is 16.2 Å². The van der Waals surface area contributed by atoms with Crippen LogP contribution in [0.5, 0.6) is 0 Å². The number of hydrogen-bond acceptors (Lipinski definition) is 3. The molecule has 2 aromatic rings. The molecule has 0 bridgehead atoms. The molecule has 2 amide bonds. The van der Waals surface area contributed by atoms with Gasteiger partial charge in [0.25, 0.3) is 0 Å². The molecule has 1 aliphatic rings. The highest BCUT2D eigenvalue weighted by molar-refractivity contribution is 6.33. The molecule has 1 aliphatic heterocycles. The Balaban J connectivity index is 1.44. The highest BCUT2D eigenvalue weighted by atomic mass is 35.5. The Bertz CT molecular complexity index is 736. The molecule has 0 aliphatic carbocycles.